The van der Waals surface area contributed by atoms with E-state index in [-0.39, 0.29) is 70.6 Å². The molecule has 2 aromatic carbocycles. The van der Waals surface area contributed by atoms with Crippen molar-refractivity contribution in [3.05, 3.63) is 48.5 Å². The van der Waals surface area contributed by atoms with E-state index in [0.717, 1.165) is 37.2 Å². The summed E-state index contributed by atoms with van der Waals surface area (Å²) in [7, 11) is 0. The fraction of sp³-hybridized carbons (Fsp3) is 0.333. The smallest absolute Gasteiger partial charge is 0.872 e. The Bertz CT molecular complexity index is 492. The van der Waals surface area contributed by atoms with Gasteiger partial charge in [-0.1, -0.05) is 24.3 Å². The maximum absolute atomic E-state index is 10.9. The van der Waals surface area contributed by atoms with Crippen molar-refractivity contribution >= 4 is 0 Å². The van der Waals surface area contributed by atoms with Gasteiger partial charge in [-0.15, -0.1) is 11.5 Å². The standard InChI is InChI=1S/C18H22O4.2Na/c19-15-5-9-17(10-6-15)21-13-3-1-2-4-14-22-18-11-7-16(20)8-12-18;;/h5-12,19-20H,1-4,13-14H2;;/q;2*+1/p-2. The van der Waals surface area contributed by atoms with Crippen molar-refractivity contribution in [3.8, 4) is 23.0 Å². The van der Waals surface area contributed by atoms with Crippen LogP contribution in [0.25, 0.3) is 0 Å². The maximum atomic E-state index is 10.9. The quantitative estimate of drug-likeness (QED) is 0.356. The fourth-order valence-electron chi connectivity index (χ4n) is 2.01. The minimum atomic E-state index is -0.00255. The Balaban J connectivity index is 0.00000264. The summed E-state index contributed by atoms with van der Waals surface area (Å²) in [4.78, 5) is 0. The first-order valence-corrected chi connectivity index (χ1v) is 7.54. The Kier molecular flexibility index (Phi) is 13.7. The molecule has 0 unspecified atom stereocenters. The molecule has 0 N–H and O–H groups in total. The van der Waals surface area contributed by atoms with Crippen molar-refractivity contribution in [1.29, 1.82) is 0 Å². The van der Waals surface area contributed by atoms with Gasteiger partial charge in [0, 0.05) is 0 Å². The van der Waals surface area contributed by atoms with Gasteiger partial charge in [0.2, 0.25) is 0 Å². The van der Waals surface area contributed by atoms with Gasteiger partial charge in [0.05, 0.1) is 13.2 Å². The van der Waals surface area contributed by atoms with Gasteiger partial charge in [-0.3, -0.25) is 0 Å². The number of benzene rings is 2. The molecule has 4 nitrogen and oxygen atoms in total. The second kappa shape index (κ2) is 13.9. The van der Waals surface area contributed by atoms with Crippen LogP contribution in [0.1, 0.15) is 25.7 Å². The average molecular weight is 346 g/mol. The molecule has 0 atom stereocenters. The average Bonchev–Trinajstić information content (AvgIpc) is 2.53. The van der Waals surface area contributed by atoms with Gasteiger partial charge in [-0.25, -0.2) is 0 Å². The fourth-order valence-corrected chi connectivity index (χ4v) is 2.01. The van der Waals surface area contributed by atoms with Crippen LogP contribution in [-0.2, 0) is 0 Å². The third-order valence-corrected chi connectivity index (χ3v) is 3.22. The molecule has 0 aromatic heterocycles. The predicted octanol–water partition coefficient (Wildman–Crippen LogP) is -3.14. The first kappa shape index (κ1) is 23.6. The molecule has 0 radical (unpaired) electrons. The second-order valence-electron chi connectivity index (χ2n) is 5.05. The van der Waals surface area contributed by atoms with Crippen molar-refractivity contribution in [3.63, 3.8) is 0 Å². The number of hydrogen-bond donors (Lipinski definition) is 0. The third-order valence-electron chi connectivity index (χ3n) is 3.22. The van der Waals surface area contributed by atoms with Gasteiger partial charge in [-0.05, 0) is 49.9 Å². The van der Waals surface area contributed by atoms with Crippen molar-refractivity contribution in [2.75, 3.05) is 13.2 Å². The van der Waals surface area contributed by atoms with Crippen LogP contribution in [0.4, 0.5) is 0 Å². The molecule has 6 heteroatoms. The molecule has 0 bridgehead atoms. The van der Waals surface area contributed by atoms with E-state index in [1.165, 1.54) is 24.3 Å². The number of unbranched alkanes of at least 4 members (excludes halogenated alkanes) is 3. The molecule has 2 aromatic rings. The predicted molar refractivity (Wildman–Crippen MR) is 81.2 cm³/mol. The van der Waals surface area contributed by atoms with E-state index in [9.17, 15) is 10.2 Å². The summed E-state index contributed by atoms with van der Waals surface area (Å²) in [6.07, 6.45) is 4.10. The molecular weight excluding hydrogens is 326 g/mol. The zero-order chi connectivity index (χ0) is 15.6. The van der Waals surface area contributed by atoms with Crippen LogP contribution in [-0.4, -0.2) is 13.2 Å². The van der Waals surface area contributed by atoms with Crippen LogP contribution in [0.15, 0.2) is 48.5 Å². The van der Waals surface area contributed by atoms with Gasteiger partial charge in [0.25, 0.3) is 0 Å². The molecule has 0 aliphatic rings. The molecule has 118 valence electrons. The van der Waals surface area contributed by atoms with E-state index in [2.05, 4.69) is 0 Å². The Morgan fingerprint density at radius 1 is 0.542 bits per heavy atom. The second-order valence-corrected chi connectivity index (χ2v) is 5.05. The van der Waals surface area contributed by atoms with Gasteiger partial charge in [0.1, 0.15) is 11.5 Å². The van der Waals surface area contributed by atoms with Gasteiger partial charge < -0.3 is 19.7 Å². The molecule has 2 rings (SSSR count). The summed E-state index contributed by atoms with van der Waals surface area (Å²) in [5.41, 5.74) is 0. The largest absolute Gasteiger partial charge is 1.00 e. The topological polar surface area (TPSA) is 64.6 Å². The van der Waals surface area contributed by atoms with E-state index in [0.29, 0.717) is 13.2 Å². The summed E-state index contributed by atoms with van der Waals surface area (Å²) < 4.78 is 11.1. The number of rotatable bonds is 9. The molecule has 0 saturated carbocycles. The van der Waals surface area contributed by atoms with Crippen LogP contribution in [0.5, 0.6) is 23.0 Å². The summed E-state index contributed by atoms with van der Waals surface area (Å²) in [5, 5.41) is 21.9. The first-order valence-electron chi connectivity index (χ1n) is 7.54. The van der Waals surface area contributed by atoms with Gasteiger partial charge >= 0.3 is 59.1 Å². The van der Waals surface area contributed by atoms with E-state index in [1.54, 1.807) is 24.3 Å². The Labute approximate surface area is 187 Å². The maximum Gasteiger partial charge on any atom is 1.00 e. The Morgan fingerprint density at radius 3 is 1.21 bits per heavy atom. The number of hydrogen-bond acceptors (Lipinski definition) is 4. The van der Waals surface area contributed by atoms with Crippen molar-refractivity contribution in [2.45, 2.75) is 25.7 Å². The van der Waals surface area contributed by atoms with Crippen LogP contribution < -0.4 is 78.8 Å². The van der Waals surface area contributed by atoms with E-state index in [1.807, 2.05) is 0 Å². The molecule has 0 fully saturated rings. The Morgan fingerprint density at radius 2 is 0.875 bits per heavy atom. The van der Waals surface area contributed by atoms with Crippen LogP contribution in [0, 0.1) is 0 Å². The van der Waals surface area contributed by atoms with Crippen LogP contribution in [0.3, 0.4) is 0 Å². The third kappa shape index (κ3) is 9.82. The minimum absolute atomic E-state index is 0. The molecule has 0 heterocycles. The normalized spacial score (nSPS) is 9.50. The molecule has 0 spiro atoms. The van der Waals surface area contributed by atoms with Crippen molar-refractivity contribution in [1.82, 2.24) is 0 Å². The molecule has 0 amide bonds. The van der Waals surface area contributed by atoms with Gasteiger partial charge in [0.15, 0.2) is 0 Å². The molecule has 24 heavy (non-hydrogen) atoms. The van der Waals surface area contributed by atoms with Crippen molar-refractivity contribution in [2.24, 2.45) is 0 Å². The summed E-state index contributed by atoms with van der Waals surface area (Å²) in [6.45, 7) is 1.31. The van der Waals surface area contributed by atoms with E-state index in [4.69, 9.17) is 9.47 Å². The summed E-state index contributed by atoms with van der Waals surface area (Å²) in [5.74, 6) is 1.48. The molecule has 0 aliphatic carbocycles. The molecule has 0 aliphatic heterocycles. The zero-order valence-electron chi connectivity index (χ0n) is 14.5. The SMILES string of the molecule is [Na+].[Na+].[O-]c1ccc(OCCCCCCOc2ccc([O-])cc2)cc1. The van der Waals surface area contributed by atoms with Crippen LogP contribution >= 0.6 is 0 Å². The van der Waals surface area contributed by atoms with Crippen molar-refractivity contribution < 1.29 is 78.8 Å². The minimum Gasteiger partial charge on any atom is -0.872 e. The summed E-state index contributed by atoms with van der Waals surface area (Å²) >= 11 is 0. The number of ether oxygens (including phenoxy) is 2. The van der Waals surface area contributed by atoms with Gasteiger partial charge in [-0.2, -0.15) is 0 Å². The first-order chi connectivity index (χ1) is 10.7. The molecule has 0 saturated heterocycles. The Hall–Kier alpha value is -0.360. The molecular formula is C18H20Na2O4. The summed E-state index contributed by atoms with van der Waals surface area (Å²) in [6, 6.07) is 12.8. The van der Waals surface area contributed by atoms with E-state index < -0.39 is 0 Å². The van der Waals surface area contributed by atoms with Crippen LogP contribution in [0.2, 0.25) is 0 Å². The monoisotopic (exact) mass is 346 g/mol. The zero-order valence-corrected chi connectivity index (χ0v) is 18.5. The van der Waals surface area contributed by atoms with E-state index >= 15 is 0 Å².